The minimum absolute atomic E-state index is 0.276. The number of carboxylic acid groups (broad SMARTS) is 1. The fourth-order valence-electron chi connectivity index (χ4n) is 1.35. The van der Waals surface area contributed by atoms with Gasteiger partial charge < -0.3 is 10.8 Å². The van der Waals surface area contributed by atoms with Crippen LogP contribution in [0.3, 0.4) is 0 Å². The average Bonchev–Trinajstić information content (AvgIpc) is 2.25. The van der Waals surface area contributed by atoms with E-state index in [-0.39, 0.29) is 6.42 Å². The first kappa shape index (κ1) is 12.9. The second-order valence-corrected chi connectivity index (χ2v) is 4.73. The lowest BCUT2D eigenvalue weighted by atomic mass is 10.2. The van der Waals surface area contributed by atoms with E-state index < -0.39 is 5.97 Å². The molecule has 0 aliphatic rings. The van der Waals surface area contributed by atoms with Crippen LogP contribution >= 0.6 is 11.8 Å². The molecule has 0 atom stereocenters. The van der Waals surface area contributed by atoms with E-state index in [1.54, 1.807) is 11.8 Å². The zero-order chi connectivity index (χ0) is 11.8. The van der Waals surface area contributed by atoms with Gasteiger partial charge in [0.25, 0.3) is 0 Å². The fourth-order valence-corrected chi connectivity index (χ4v) is 2.33. The maximum absolute atomic E-state index is 10.3. The zero-order valence-electron chi connectivity index (χ0n) is 9.19. The molecule has 0 unspecified atom stereocenters. The molecule has 0 saturated carbocycles. The Bertz CT molecular complexity index is 342. The second-order valence-electron chi connectivity index (χ2n) is 3.59. The summed E-state index contributed by atoms with van der Waals surface area (Å²) >= 11 is 1.73. The third-order valence-electron chi connectivity index (χ3n) is 2.21. The molecule has 1 aromatic rings. The number of hydrogen-bond acceptors (Lipinski definition) is 3. The van der Waals surface area contributed by atoms with Gasteiger partial charge in [-0.1, -0.05) is 18.6 Å². The first-order valence-electron chi connectivity index (χ1n) is 5.39. The Morgan fingerprint density at radius 1 is 1.25 bits per heavy atom. The molecule has 88 valence electrons. The molecule has 3 nitrogen and oxygen atoms in total. The standard InChI is InChI=1S/C12H17NO2S/c13-10-6-3-4-7-11(10)16-9-5-1-2-8-12(14)15/h3-4,6-7H,1-2,5,8-9,13H2,(H,14,15). The molecule has 0 radical (unpaired) electrons. The number of nitrogens with two attached hydrogens (primary N) is 1. The van der Waals surface area contributed by atoms with Crippen molar-refractivity contribution in [3.63, 3.8) is 0 Å². The van der Waals surface area contributed by atoms with E-state index in [0.717, 1.165) is 35.6 Å². The highest BCUT2D eigenvalue weighted by Crippen LogP contribution is 2.25. The van der Waals surface area contributed by atoms with Crippen molar-refractivity contribution < 1.29 is 9.90 Å². The number of anilines is 1. The van der Waals surface area contributed by atoms with Crippen molar-refractivity contribution >= 4 is 23.4 Å². The second kappa shape index (κ2) is 7.17. The molecule has 0 aliphatic carbocycles. The van der Waals surface area contributed by atoms with Crippen LogP contribution in [-0.2, 0) is 4.79 Å². The summed E-state index contributed by atoms with van der Waals surface area (Å²) in [6, 6.07) is 7.80. The summed E-state index contributed by atoms with van der Waals surface area (Å²) in [5.41, 5.74) is 6.62. The largest absolute Gasteiger partial charge is 0.481 e. The number of unbranched alkanes of at least 4 members (excludes halogenated alkanes) is 2. The van der Waals surface area contributed by atoms with Crippen molar-refractivity contribution in [2.45, 2.75) is 30.6 Å². The van der Waals surface area contributed by atoms with Crippen molar-refractivity contribution in [1.29, 1.82) is 0 Å². The van der Waals surface area contributed by atoms with E-state index in [1.165, 1.54) is 0 Å². The summed E-state index contributed by atoms with van der Waals surface area (Å²) in [4.78, 5) is 11.4. The monoisotopic (exact) mass is 239 g/mol. The van der Waals surface area contributed by atoms with E-state index in [9.17, 15) is 4.79 Å². The van der Waals surface area contributed by atoms with Crippen LogP contribution in [-0.4, -0.2) is 16.8 Å². The average molecular weight is 239 g/mol. The van der Waals surface area contributed by atoms with Gasteiger partial charge >= 0.3 is 5.97 Å². The van der Waals surface area contributed by atoms with Crippen LogP contribution < -0.4 is 5.73 Å². The molecule has 3 N–H and O–H groups in total. The van der Waals surface area contributed by atoms with Gasteiger partial charge in [0, 0.05) is 17.0 Å². The summed E-state index contributed by atoms with van der Waals surface area (Å²) in [5, 5.41) is 8.46. The third-order valence-corrected chi connectivity index (χ3v) is 3.39. The summed E-state index contributed by atoms with van der Waals surface area (Å²) < 4.78 is 0. The van der Waals surface area contributed by atoms with Crippen molar-refractivity contribution in [3.8, 4) is 0 Å². The minimum atomic E-state index is -0.708. The third kappa shape index (κ3) is 5.07. The number of nitrogen functional groups attached to an aromatic ring is 1. The maximum Gasteiger partial charge on any atom is 0.303 e. The van der Waals surface area contributed by atoms with Gasteiger partial charge in [-0.3, -0.25) is 4.79 Å². The number of carbonyl (C=O) groups is 1. The highest BCUT2D eigenvalue weighted by molar-refractivity contribution is 7.99. The molecule has 16 heavy (non-hydrogen) atoms. The van der Waals surface area contributed by atoms with Crippen LogP contribution in [0.25, 0.3) is 0 Å². The van der Waals surface area contributed by atoms with E-state index in [1.807, 2.05) is 24.3 Å². The topological polar surface area (TPSA) is 63.3 Å². The van der Waals surface area contributed by atoms with Gasteiger partial charge in [-0.05, 0) is 30.7 Å². The Balaban J connectivity index is 2.12. The molecule has 1 rings (SSSR count). The Morgan fingerprint density at radius 3 is 2.69 bits per heavy atom. The quantitative estimate of drug-likeness (QED) is 0.436. The number of rotatable bonds is 7. The highest BCUT2D eigenvalue weighted by Gasteiger charge is 1.99. The normalized spacial score (nSPS) is 10.2. The molecule has 0 fully saturated rings. The van der Waals surface area contributed by atoms with Crippen molar-refractivity contribution in [2.75, 3.05) is 11.5 Å². The molecular weight excluding hydrogens is 222 g/mol. The minimum Gasteiger partial charge on any atom is -0.481 e. The first-order chi connectivity index (χ1) is 7.70. The van der Waals surface area contributed by atoms with Crippen LogP contribution in [0.4, 0.5) is 5.69 Å². The number of carboxylic acids is 1. The first-order valence-corrected chi connectivity index (χ1v) is 6.38. The predicted octanol–water partition coefficient (Wildman–Crippen LogP) is 3.01. The van der Waals surface area contributed by atoms with Crippen molar-refractivity contribution in [2.24, 2.45) is 0 Å². The van der Waals surface area contributed by atoms with Crippen LogP contribution in [0, 0.1) is 0 Å². The molecule has 0 aliphatic heterocycles. The molecule has 0 bridgehead atoms. The summed E-state index contributed by atoms with van der Waals surface area (Å²) in [6.45, 7) is 0. The van der Waals surface area contributed by atoms with Gasteiger partial charge in [-0.2, -0.15) is 0 Å². The van der Waals surface area contributed by atoms with Crippen LogP contribution in [0.1, 0.15) is 25.7 Å². The molecule has 0 spiro atoms. The number of thioether (sulfide) groups is 1. The smallest absolute Gasteiger partial charge is 0.303 e. The molecule has 0 aromatic heterocycles. The van der Waals surface area contributed by atoms with Gasteiger partial charge in [0.2, 0.25) is 0 Å². The summed E-state index contributed by atoms with van der Waals surface area (Å²) in [5.74, 6) is 0.286. The van der Waals surface area contributed by atoms with Gasteiger partial charge in [0.15, 0.2) is 0 Å². The predicted molar refractivity (Wildman–Crippen MR) is 67.7 cm³/mol. The molecule has 0 heterocycles. The Hall–Kier alpha value is -1.16. The lowest BCUT2D eigenvalue weighted by Gasteiger charge is -2.04. The molecular formula is C12H17NO2S. The Morgan fingerprint density at radius 2 is 2.00 bits per heavy atom. The molecule has 0 amide bonds. The highest BCUT2D eigenvalue weighted by atomic mass is 32.2. The number of aliphatic carboxylic acids is 1. The summed E-state index contributed by atoms with van der Waals surface area (Å²) in [6.07, 6.45) is 3.04. The van der Waals surface area contributed by atoms with E-state index in [0.29, 0.717) is 0 Å². The lowest BCUT2D eigenvalue weighted by Crippen LogP contribution is -1.94. The molecule has 1 aromatic carbocycles. The van der Waals surface area contributed by atoms with E-state index in [2.05, 4.69) is 0 Å². The SMILES string of the molecule is Nc1ccccc1SCCCCCC(=O)O. The zero-order valence-corrected chi connectivity index (χ0v) is 10.0. The van der Waals surface area contributed by atoms with Crippen LogP contribution in [0.5, 0.6) is 0 Å². The van der Waals surface area contributed by atoms with E-state index in [4.69, 9.17) is 10.8 Å². The van der Waals surface area contributed by atoms with Gasteiger partial charge in [0.05, 0.1) is 0 Å². The molecule has 4 heteroatoms. The van der Waals surface area contributed by atoms with Gasteiger partial charge in [0.1, 0.15) is 0 Å². The fraction of sp³-hybridized carbons (Fsp3) is 0.417. The summed E-state index contributed by atoms with van der Waals surface area (Å²) in [7, 11) is 0. The van der Waals surface area contributed by atoms with Gasteiger partial charge in [-0.25, -0.2) is 0 Å². The number of hydrogen-bond donors (Lipinski definition) is 2. The van der Waals surface area contributed by atoms with Crippen LogP contribution in [0.15, 0.2) is 29.2 Å². The number of benzene rings is 1. The van der Waals surface area contributed by atoms with E-state index >= 15 is 0 Å². The van der Waals surface area contributed by atoms with Crippen molar-refractivity contribution in [1.82, 2.24) is 0 Å². The van der Waals surface area contributed by atoms with Crippen LogP contribution in [0.2, 0.25) is 0 Å². The van der Waals surface area contributed by atoms with Crippen molar-refractivity contribution in [3.05, 3.63) is 24.3 Å². The Labute approximate surface area is 100 Å². The number of para-hydroxylation sites is 1. The Kier molecular flexibility index (Phi) is 5.78. The van der Waals surface area contributed by atoms with Gasteiger partial charge in [-0.15, -0.1) is 11.8 Å². The lowest BCUT2D eigenvalue weighted by molar-refractivity contribution is -0.137. The molecule has 0 saturated heterocycles. The maximum atomic E-state index is 10.3.